The summed E-state index contributed by atoms with van der Waals surface area (Å²) in [6.07, 6.45) is 1.37. The molecule has 120 valence electrons. The van der Waals surface area contributed by atoms with Crippen LogP contribution in [0.25, 0.3) is 0 Å². The first kappa shape index (κ1) is 15.5. The van der Waals surface area contributed by atoms with Crippen LogP contribution in [0.4, 0.5) is 15.8 Å². The molecule has 0 unspecified atom stereocenters. The maximum absolute atomic E-state index is 12.9. The quantitative estimate of drug-likeness (QED) is 0.935. The minimum absolute atomic E-state index is 0.0160. The molecule has 5 nitrogen and oxygen atoms in total. The fraction of sp³-hybridized carbons (Fsp3) is 0.188. The van der Waals surface area contributed by atoms with E-state index in [1.807, 2.05) is 0 Å². The van der Waals surface area contributed by atoms with Gasteiger partial charge in [0, 0.05) is 24.3 Å². The lowest BCUT2D eigenvalue weighted by molar-refractivity contribution is -0.117. The van der Waals surface area contributed by atoms with Gasteiger partial charge in [0.25, 0.3) is 10.0 Å². The highest BCUT2D eigenvalue weighted by Gasteiger charge is 2.21. The number of halogens is 1. The van der Waals surface area contributed by atoms with Crippen LogP contribution in [0.1, 0.15) is 12.8 Å². The number of amides is 1. The van der Waals surface area contributed by atoms with E-state index in [0.717, 1.165) is 24.2 Å². The molecule has 2 aromatic rings. The van der Waals surface area contributed by atoms with E-state index in [1.165, 1.54) is 12.1 Å². The molecule has 1 aliphatic rings. The number of nitrogens with zero attached hydrogens (tertiary/aromatic N) is 1. The maximum atomic E-state index is 12.9. The third-order valence-electron chi connectivity index (χ3n) is 3.63. The number of carbonyl (C=O) groups is 1. The molecular weight excluding hydrogens is 319 g/mol. The number of rotatable bonds is 4. The summed E-state index contributed by atoms with van der Waals surface area (Å²) in [5.41, 5.74) is 1.13. The zero-order chi connectivity index (χ0) is 16.4. The number of hydrogen-bond donors (Lipinski definition) is 1. The van der Waals surface area contributed by atoms with E-state index in [4.69, 9.17) is 0 Å². The molecule has 1 heterocycles. The van der Waals surface area contributed by atoms with Gasteiger partial charge < -0.3 is 4.90 Å². The highest BCUT2D eigenvalue weighted by molar-refractivity contribution is 7.92. The molecule has 0 atom stereocenters. The van der Waals surface area contributed by atoms with Crippen LogP contribution >= 0.6 is 0 Å². The van der Waals surface area contributed by atoms with E-state index in [-0.39, 0.29) is 10.8 Å². The lowest BCUT2D eigenvalue weighted by atomic mass is 10.2. The molecular formula is C16H15FN2O3S. The number of benzene rings is 2. The van der Waals surface area contributed by atoms with Crippen molar-refractivity contribution >= 4 is 27.3 Å². The summed E-state index contributed by atoms with van der Waals surface area (Å²) in [5, 5.41) is 0. The van der Waals surface area contributed by atoms with Crippen molar-refractivity contribution in [3.05, 3.63) is 54.3 Å². The van der Waals surface area contributed by atoms with Gasteiger partial charge in [0.2, 0.25) is 5.91 Å². The fourth-order valence-corrected chi connectivity index (χ4v) is 3.52. The highest BCUT2D eigenvalue weighted by atomic mass is 32.2. The Bertz CT molecular complexity index is 817. The Morgan fingerprint density at radius 2 is 1.65 bits per heavy atom. The standard InChI is InChI=1S/C16H15FN2O3S/c17-12-3-9-15(10-4-12)23(21,22)18-13-5-7-14(8-6-13)19-11-1-2-16(19)20/h3-10,18H,1-2,11H2. The lowest BCUT2D eigenvalue weighted by Crippen LogP contribution is -2.23. The van der Waals surface area contributed by atoms with Crippen LogP contribution < -0.4 is 9.62 Å². The molecule has 0 bridgehead atoms. The third kappa shape index (κ3) is 3.34. The Balaban J connectivity index is 1.77. The second kappa shape index (κ2) is 6.00. The Morgan fingerprint density at radius 1 is 1.00 bits per heavy atom. The van der Waals surface area contributed by atoms with Crippen molar-refractivity contribution < 1.29 is 17.6 Å². The van der Waals surface area contributed by atoms with Gasteiger partial charge in [0.1, 0.15) is 5.82 Å². The van der Waals surface area contributed by atoms with Crippen molar-refractivity contribution in [2.24, 2.45) is 0 Å². The van der Waals surface area contributed by atoms with Gasteiger partial charge in [-0.05, 0) is 55.0 Å². The first-order valence-corrected chi connectivity index (χ1v) is 8.63. The second-order valence-corrected chi connectivity index (χ2v) is 6.94. The van der Waals surface area contributed by atoms with Crippen LogP contribution in [0.15, 0.2) is 53.4 Å². The molecule has 3 rings (SSSR count). The molecule has 1 aliphatic heterocycles. The van der Waals surface area contributed by atoms with Crippen molar-refractivity contribution in [2.75, 3.05) is 16.2 Å². The van der Waals surface area contributed by atoms with Gasteiger partial charge in [-0.2, -0.15) is 0 Å². The highest BCUT2D eigenvalue weighted by Crippen LogP contribution is 2.24. The number of nitrogens with one attached hydrogen (secondary N) is 1. The van der Waals surface area contributed by atoms with Crippen LogP contribution in [0.2, 0.25) is 0 Å². The molecule has 0 radical (unpaired) electrons. The van der Waals surface area contributed by atoms with Gasteiger partial charge in [-0.3, -0.25) is 9.52 Å². The zero-order valence-electron chi connectivity index (χ0n) is 12.2. The first-order valence-electron chi connectivity index (χ1n) is 7.14. The van der Waals surface area contributed by atoms with E-state index >= 15 is 0 Å². The van der Waals surface area contributed by atoms with Crippen LogP contribution in [-0.4, -0.2) is 20.9 Å². The number of anilines is 2. The molecule has 0 saturated carbocycles. The summed E-state index contributed by atoms with van der Waals surface area (Å²) in [7, 11) is -3.77. The van der Waals surface area contributed by atoms with Crippen molar-refractivity contribution in [3.8, 4) is 0 Å². The molecule has 0 aromatic heterocycles. The molecule has 1 fully saturated rings. The third-order valence-corrected chi connectivity index (χ3v) is 5.03. The number of carbonyl (C=O) groups excluding carboxylic acids is 1. The van der Waals surface area contributed by atoms with Gasteiger partial charge in [-0.1, -0.05) is 0 Å². The average molecular weight is 334 g/mol. The Hall–Kier alpha value is -2.41. The molecule has 2 aromatic carbocycles. The molecule has 1 saturated heterocycles. The largest absolute Gasteiger partial charge is 0.312 e. The van der Waals surface area contributed by atoms with E-state index in [0.29, 0.717) is 18.7 Å². The van der Waals surface area contributed by atoms with Crippen molar-refractivity contribution in [1.29, 1.82) is 0 Å². The smallest absolute Gasteiger partial charge is 0.261 e. The van der Waals surface area contributed by atoms with E-state index in [1.54, 1.807) is 29.2 Å². The second-order valence-electron chi connectivity index (χ2n) is 5.26. The van der Waals surface area contributed by atoms with E-state index < -0.39 is 15.8 Å². The predicted molar refractivity (Wildman–Crippen MR) is 85.2 cm³/mol. The maximum Gasteiger partial charge on any atom is 0.261 e. The fourth-order valence-electron chi connectivity index (χ4n) is 2.46. The van der Waals surface area contributed by atoms with Gasteiger partial charge in [-0.15, -0.1) is 0 Å². The van der Waals surface area contributed by atoms with Crippen LogP contribution in [0.3, 0.4) is 0 Å². The summed E-state index contributed by atoms with van der Waals surface area (Å²) in [6.45, 7) is 0.680. The summed E-state index contributed by atoms with van der Waals surface area (Å²) in [6, 6.07) is 11.2. The molecule has 1 amide bonds. The normalized spacial score (nSPS) is 15.0. The van der Waals surface area contributed by atoms with Crippen molar-refractivity contribution in [2.45, 2.75) is 17.7 Å². The first-order chi connectivity index (χ1) is 11.0. The predicted octanol–water partition coefficient (Wildman–Crippen LogP) is 2.75. The van der Waals surface area contributed by atoms with Gasteiger partial charge in [-0.25, -0.2) is 12.8 Å². The molecule has 23 heavy (non-hydrogen) atoms. The van der Waals surface area contributed by atoms with Crippen LogP contribution in [0, 0.1) is 5.82 Å². The van der Waals surface area contributed by atoms with E-state index in [2.05, 4.69) is 4.72 Å². The van der Waals surface area contributed by atoms with Gasteiger partial charge in [0.05, 0.1) is 4.90 Å². The van der Waals surface area contributed by atoms with Crippen LogP contribution in [0.5, 0.6) is 0 Å². The summed E-state index contributed by atoms with van der Waals surface area (Å²) in [4.78, 5) is 13.3. The summed E-state index contributed by atoms with van der Waals surface area (Å²) < 4.78 is 39.7. The molecule has 0 aliphatic carbocycles. The van der Waals surface area contributed by atoms with Crippen LogP contribution in [-0.2, 0) is 14.8 Å². The SMILES string of the molecule is O=C1CCCN1c1ccc(NS(=O)(=O)c2ccc(F)cc2)cc1. The topological polar surface area (TPSA) is 66.5 Å². The zero-order valence-corrected chi connectivity index (χ0v) is 13.0. The minimum atomic E-state index is -3.77. The number of hydrogen-bond acceptors (Lipinski definition) is 3. The van der Waals surface area contributed by atoms with Crippen molar-refractivity contribution in [1.82, 2.24) is 0 Å². The van der Waals surface area contributed by atoms with E-state index in [9.17, 15) is 17.6 Å². The Labute approximate surface area is 133 Å². The average Bonchev–Trinajstić information content (AvgIpc) is 2.94. The Morgan fingerprint density at radius 3 is 2.22 bits per heavy atom. The lowest BCUT2D eigenvalue weighted by Gasteiger charge is -2.16. The number of sulfonamides is 1. The minimum Gasteiger partial charge on any atom is -0.312 e. The Kier molecular flexibility index (Phi) is 4.04. The molecule has 1 N–H and O–H groups in total. The van der Waals surface area contributed by atoms with Gasteiger partial charge in [0.15, 0.2) is 0 Å². The molecule has 7 heteroatoms. The monoisotopic (exact) mass is 334 g/mol. The van der Waals surface area contributed by atoms with Gasteiger partial charge >= 0.3 is 0 Å². The molecule has 0 spiro atoms. The van der Waals surface area contributed by atoms with Crippen molar-refractivity contribution in [3.63, 3.8) is 0 Å². The summed E-state index contributed by atoms with van der Waals surface area (Å²) >= 11 is 0. The summed E-state index contributed by atoms with van der Waals surface area (Å²) in [5.74, 6) is -0.423.